The summed E-state index contributed by atoms with van der Waals surface area (Å²) >= 11 is 18.0. The largest absolute Gasteiger partial charge is 0.481 e. The van der Waals surface area contributed by atoms with Gasteiger partial charge in [-0.1, -0.05) is 34.8 Å². The first-order valence-corrected chi connectivity index (χ1v) is 9.02. The highest BCUT2D eigenvalue weighted by atomic mass is 35.6. The monoisotopic (exact) mass is 417 g/mol. The molecule has 2 aromatic rings. The molecule has 26 heavy (non-hydrogen) atoms. The van der Waals surface area contributed by atoms with Crippen LogP contribution in [-0.4, -0.2) is 65.2 Å². The molecule has 140 valence electrons. The molecule has 0 aliphatic carbocycles. The van der Waals surface area contributed by atoms with Crippen molar-refractivity contribution in [3.05, 3.63) is 24.2 Å². The van der Waals surface area contributed by atoms with Crippen LogP contribution in [0.2, 0.25) is 0 Å². The molecule has 0 unspecified atom stereocenters. The van der Waals surface area contributed by atoms with E-state index in [0.29, 0.717) is 17.5 Å². The molecular weight excluding hydrogens is 401 g/mol. The highest BCUT2D eigenvalue weighted by Gasteiger charge is 2.30. The molecule has 0 radical (unpaired) electrons. The zero-order valence-electron chi connectivity index (χ0n) is 14.3. The van der Waals surface area contributed by atoms with E-state index in [-0.39, 0.29) is 11.8 Å². The lowest BCUT2D eigenvalue weighted by Crippen LogP contribution is -2.45. The fourth-order valence-electron chi connectivity index (χ4n) is 2.40. The Morgan fingerprint density at radius 2 is 1.81 bits per heavy atom. The summed E-state index contributed by atoms with van der Waals surface area (Å²) in [5.41, 5.74) is 0.677. The number of ether oxygens (including phenoxy) is 1. The number of alkyl halides is 3. The summed E-state index contributed by atoms with van der Waals surface area (Å²) in [5.74, 6) is 1.32. The fraction of sp³-hybridized carbons (Fsp3) is 0.467. The van der Waals surface area contributed by atoms with Crippen molar-refractivity contribution in [2.45, 2.75) is 3.79 Å². The summed E-state index contributed by atoms with van der Waals surface area (Å²) in [7, 11) is 3.62. The van der Waals surface area contributed by atoms with Gasteiger partial charge in [-0.2, -0.15) is 15.0 Å². The van der Waals surface area contributed by atoms with E-state index in [1.54, 1.807) is 25.4 Å². The Labute approximate surface area is 166 Å². The Morgan fingerprint density at radius 3 is 2.38 bits per heavy atom. The summed E-state index contributed by atoms with van der Waals surface area (Å²) in [5, 5.41) is 3.06. The highest BCUT2D eigenvalue weighted by molar-refractivity contribution is 6.66. The van der Waals surface area contributed by atoms with Gasteiger partial charge >= 0.3 is 0 Å². The number of aromatic nitrogens is 4. The second-order valence-corrected chi connectivity index (χ2v) is 8.07. The summed E-state index contributed by atoms with van der Waals surface area (Å²) in [4.78, 5) is 21.4. The van der Waals surface area contributed by atoms with Crippen LogP contribution in [0.15, 0.2) is 18.3 Å². The summed E-state index contributed by atoms with van der Waals surface area (Å²) in [6.07, 6.45) is 1.60. The lowest BCUT2D eigenvalue weighted by molar-refractivity contribution is 0.311. The lowest BCUT2D eigenvalue weighted by Gasteiger charge is -2.32. The zero-order valence-corrected chi connectivity index (χ0v) is 16.6. The predicted molar refractivity (Wildman–Crippen MR) is 103 cm³/mol. The van der Waals surface area contributed by atoms with E-state index >= 15 is 0 Å². The van der Waals surface area contributed by atoms with Crippen LogP contribution in [0.3, 0.4) is 0 Å². The number of hydrogen-bond donors (Lipinski definition) is 1. The average Bonchev–Trinajstić information content (AvgIpc) is 2.62. The van der Waals surface area contributed by atoms with Crippen molar-refractivity contribution in [2.75, 3.05) is 50.6 Å². The van der Waals surface area contributed by atoms with Gasteiger partial charge in [0.25, 0.3) is 0 Å². The molecule has 0 saturated carbocycles. The maximum atomic E-state index is 6.00. The number of rotatable bonds is 4. The van der Waals surface area contributed by atoms with Crippen LogP contribution in [0.4, 0.5) is 17.6 Å². The third-order valence-electron chi connectivity index (χ3n) is 3.86. The van der Waals surface area contributed by atoms with E-state index in [1.807, 2.05) is 4.90 Å². The minimum absolute atomic E-state index is 0.0652. The SMILES string of the molecule is COc1ccc(Nc2nc(N3CCN(C)CC3)nc(C(Cl)(Cl)Cl)n2)cn1. The zero-order chi connectivity index (χ0) is 18.7. The first-order chi connectivity index (χ1) is 12.3. The third kappa shape index (κ3) is 4.76. The number of halogens is 3. The van der Waals surface area contributed by atoms with Gasteiger partial charge in [-0.05, 0) is 13.1 Å². The van der Waals surface area contributed by atoms with Crippen LogP contribution < -0.4 is 15.0 Å². The number of nitrogens with zero attached hydrogens (tertiary/aromatic N) is 6. The van der Waals surface area contributed by atoms with Gasteiger partial charge in [0.15, 0.2) is 5.82 Å². The second kappa shape index (κ2) is 7.96. The van der Waals surface area contributed by atoms with Gasteiger partial charge < -0.3 is 19.9 Å². The number of hydrogen-bond acceptors (Lipinski definition) is 8. The predicted octanol–water partition coefficient (Wildman–Crippen LogP) is 2.60. The van der Waals surface area contributed by atoms with E-state index in [0.717, 1.165) is 26.2 Å². The standard InChI is InChI=1S/C15H18Cl3N7O/c1-24-5-7-25(8-6-24)14-22-12(15(16,17)18)21-13(23-14)20-10-3-4-11(26-2)19-9-10/h3-4,9H,5-8H2,1-2H3,(H,20,21,22,23). The molecule has 3 heterocycles. The van der Waals surface area contributed by atoms with E-state index in [2.05, 4.69) is 37.2 Å². The molecule has 3 rings (SSSR count). The minimum atomic E-state index is -1.75. The van der Waals surface area contributed by atoms with Gasteiger partial charge in [0.2, 0.25) is 21.6 Å². The molecule has 11 heteroatoms. The molecule has 0 spiro atoms. The maximum Gasteiger partial charge on any atom is 0.250 e. The third-order valence-corrected chi connectivity index (χ3v) is 4.37. The maximum absolute atomic E-state index is 6.00. The van der Waals surface area contributed by atoms with Gasteiger partial charge in [-0.25, -0.2) is 4.98 Å². The molecule has 1 fully saturated rings. The molecule has 1 aliphatic heterocycles. The van der Waals surface area contributed by atoms with Crippen molar-refractivity contribution >= 4 is 52.4 Å². The van der Waals surface area contributed by atoms with Gasteiger partial charge in [0, 0.05) is 32.2 Å². The number of piperazine rings is 1. The first-order valence-electron chi connectivity index (χ1n) is 7.89. The van der Waals surface area contributed by atoms with Crippen molar-refractivity contribution in [1.29, 1.82) is 0 Å². The minimum Gasteiger partial charge on any atom is -0.481 e. The molecule has 1 N–H and O–H groups in total. The van der Waals surface area contributed by atoms with Gasteiger partial charge in [-0.15, -0.1) is 0 Å². The molecule has 1 aliphatic rings. The van der Waals surface area contributed by atoms with Crippen LogP contribution in [0, 0.1) is 0 Å². The smallest absolute Gasteiger partial charge is 0.250 e. The number of nitrogens with one attached hydrogen (secondary N) is 1. The van der Waals surface area contributed by atoms with Crippen molar-refractivity contribution in [3.8, 4) is 5.88 Å². The Kier molecular flexibility index (Phi) is 5.86. The number of anilines is 3. The summed E-state index contributed by atoms with van der Waals surface area (Å²) < 4.78 is 3.30. The molecule has 1 saturated heterocycles. The van der Waals surface area contributed by atoms with E-state index < -0.39 is 3.79 Å². The Bertz CT molecular complexity index is 746. The van der Waals surface area contributed by atoms with Crippen molar-refractivity contribution in [3.63, 3.8) is 0 Å². The Morgan fingerprint density at radius 1 is 1.08 bits per heavy atom. The molecule has 8 nitrogen and oxygen atoms in total. The van der Waals surface area contributed by atoms with E-state index in [9.17, 15) is 0 Å². The quantitative estimate of drug-likeness (QED) is 0.759. The summed E-state index contributed by atoms with van der Waals surface area (Å²) in [6, 6.07) is 3.51. The highest BCUT2D eigenvalue weighted by Crippen LogP contribution is 2.37. The number of likely N-dealkylation sites (N-methyl/N-ethyl adjacent to an activating group) is 1. The first kappa shape index (κ1) is 19.2. The van der Waals surface area contributed by atoms with Crippen molar-refractivity contribution in [1.82, 2.24) is 24.8 Å². The van der Waals surface area contributed by atoms with Gasteiger partial charge in [-0.3, -0.25) is 0 Å². The topological polar surface area (TPSA) is 79.3 Å². The van der Waals surface area contributed by atoms with Crippen LogP contribution >= 0.6 is 34.8 Å². The number of methoxy groups -OCH3 is 1. The average molecular weight is 419 g/mol. The van der Waals surface area contributed by atoms with Crippen LogP contribution in [0.5, 0.6) is 5.88 Å². The van der Waals surface area contributed by atoms with Crippen molar-refractivity contribution in [2.24, 2.45) is 0 Å². The van der Waals surface area contributed by atoms with Crippen LogP contribution in [0.1, 0.15) is 5.82 Å². The molecular formula is C15H18Cl3N7O. The lowest BCUT2D eigenvalue weighted by atomic mass is 10.3. The fourth-order valence-corrected chi connectivity index (χ4v) is 2.65. The molecule has 0 aromatic carbocycles. The van der Waals surface area contributed by atoms with E-state index in [1.165, 1.54) is 0 Å². The Balaban J connectivity index is 1.89. The Hall–Kier alpha value is -1.61. The van der Waals surface area contributed by atoms with E-state index in [4.69, 9.17) is 39.5 Å². The van der Waals surface area contributed by atoms with Crippen LogP contribution in [0.25, 0.3) is 0 Å². The van der Waals surface area contributed by atoms with Gasteiger partial charge in [0.05, 0.1) is 19.0 Å². The van der Waals surface area contributed by atoms with Crippen molar-refractivity contribution < 1.29 is 4.74 Å². The second-order valence-electron chi connectivity index (χ2n) is 5.78. The van der Waals surface area contributed by atoms with Gasteiger partial charge in [0.1, 0.15) is 0 Å². The molecule has 2 aromatic heterocycles. The normalized spacial score (nSPS) is 15.8. The molecule has 0 amide bonds. The number of pyridine rings is 1. The summed E-state index contributed by atoms with van der Waals surface area (Å²) in [6.45, 7) is 3.37. The molecule has 0 atom stereocenters. The van der Waals surface area contributed by atoms with Crippen LogP contribution in [-0.2, 0) is 3.79 Å². The molecule has 0 bridgehead atoms.